The molecule has 2 amide bonds. The van der Waals surface area contributed by atoms with Crippen LogP contribution in [0, 0.1) is 25.7 Å². The Balaban J connectivity index is 0.000000187. The normalized spacial score (nSPS) is 14.7. The summed E-state index contributed by atoms with van der Waals surface area (Å²) in [5.41, 5.74) is 10.4. The van der Waals surface area contributed by atoms with Crippen molar-refractivity contribution < 1.29 is 25.1 Å². The number of rotatable bonds is 18. The number of aromatic nitrogens is 8. The molecule has 0 spiro atoms. The quantitative estimate of drug-likeness (QED) is 0.0443. The number of amides is 2. The molecule has 2 aliphatic carbocycles. The lowest BCUT2D eigenvalue weighted by Crippen LogP contribution is -2.40. The van der Waals surface area contributed by atoms with Gasteiger partial charge in [0.25, 0.3) is 0 Å². The van der Waals surface area contributed by atoms with E-state index >= 15 is 0 Å². The Morgan fingerprint density at radius 1 is 0.598 bits per heavy atom. The first-order chi connectivity index (χ1) is 41.2. The Bertz CT molecular complexity index is 3460. The van der Waals surface area contributed by atoms with E-state index in [0.29, 0.717) is 39.7 Å². The first kappa shape index (κ1) is 55.0. The van der Waals surface area contributed by atoms with Crippen LogP contribution in [0.2, 0.25) is 0 Å². The zero-order valence-electron chi connectivity index (χ0n) is 51.7. The summed E-state index contributed by atoms with van der Waals surface area (Å²) in [6.45, 7) is 8.60. The van der Waals surface area contributed by atoms with Crippen molar-refractivity contribution in [1.82, 2.24) is 41.2 Å². The lowest BCUT2D eigenvalue weighted by molar-refractivity contribution is -0.116. The van der Waals surface area contributed by atoms with Gasteiger partial charge >= 0.3 is 7.12 Å². The topological polar surface area (TPSA) is 214 Å². The fourth-order valence-electron chi connectivity index (χ4n) is 10.4. The number of carbonyl (C=O) groups excluding carboxylic acids is 2. The zero-order chi connectivity index (χ0) is 61.5. The van der Waals surface area contributed by atoms with Crippen molar-refractivity contribution in [1.29, 1.82) is 0 Å². The number of nitrogens with zero attached hydrogens (tertiary/aromatic N) is 8. The molecule has 0 unspecified atom stereocenters. The summed E-state index contributed by atoms with van der Waals surface area (Å²) in [6.07, 6.45) is 11.0. The molecule has 0 aliphatic heterocycles. The molecule has 16 nitrogen and oxygen atoms in total. The molecule has 18 heteroatoms. The number of anilines is 4. The summed E-state index contributed by atoms with van der Waals surface area (Å²) in [5, 5.41) is 52.2. The molecule has 2 aromatic heterocycles. The Morgan fingerprint density at radius 2 is 1.04 bits per heavy atom. The van der Waals surface area contributed by atoms with E-state index in [2.05, 4.69) is 67.8 Å². The third-order valence-electron chi connectivity index (χ3n) is 14.3. The Labute approximate surface area is 497 Å². The fraction of sp³-hybridized carbons (Fsp3) is 0.375. The van der Waals surface area contributed by atoms with E-state index in [-0.39, 0.29) is 48.6 Å². The molecular weight excluding hydrogens is 1090 g/mol. The molecule has 428 valence electrons. The van der Waals surface area contributed by atoms with E-state index in [0.717, 1.165) is 100 Å². The number of nitrogens with one attached hydrogen (secondary N) is 4. The maximum atomic E-state index is 13.4. The molecule has 2 heterocycles. The molecule has 6 N–H and O–H groups in total. The lowest BCUT2D eigenvalue weighted by Gasteiger charge is -2.38. The Kier molecular flexibility index (Phi) is 20.1. The second-order valence-electron chi connectivity index (χ2n) is 21.7. The van der Waals surface area contributed by atoms with Crippen LogP contribution in [0.25, 0.3) is 33.9 Å². The molecule has 10 rings (SSSR count). The summed E-state index contributed by atoms with van der Waals surface area (Å²) in [4.78, 5) is 30.2. The van der Waals surface area contributed by atoms with Gasteiger partial charge < -0.3 is 30.5 Å². The number of halogens is 1. The molecular formula is C64H78BBrN12O4. The highest BCUT2D eigenvalue weighted by molar-refractivity contribution is 9.10. The van der Waals surface area contributed by atoms with Crippen molar-refractivity contribution >= 4 is 63.1 Å². The molecule has 0 saturated heterocycles. The minimum atomic E-state index is -1.61. The monoisotopic (exact) mass is 1170 g/mol. The summed E-state index contributed by atoms with van der Waals surface area (Å²) in [5.74, 6) is 0.140. The highest BCUT2D eigenvalue weighted by atomic mass is 79.9. The Hall–Kier alpha value is -7.54. The van der Waals surface area contributed by atoms with E-state index in [4.69, 9.17) is 12.8 Å². The predicted octanol–water partition coefficient (Wildman–Crippen LogP) is 12.1. The van der Waals surface area contributed by atoms with Gasteiger partial charge in [0.05, 0.1) is 35.6 Å². The highest BCUT2D eigenvalue weighted by Gasteiger charge is 2.27. The number of aromatic amines is 2. The van der Waals surface area contributed by atoms with Gasteiger partial charge in [-0.3, -0.25) is 9.59 Å². The fourth-order valence-corrected chi connectivity index (χ4v) is 10.8. The van der Waals surface area contributed by atoms with Crippen molar-refractivity contribution in [3.8, 4) is 33.9 Å². The van der Waals surface area contributed by atoms with Crippen LogP contribution in [0.1, 0.15) is 120 Å². The van der Waals surface area contributed by atoms with Crippen molar-refractivity contribution in [2.75, 3.05) is 33.4 Å². The van der Waals surface area contributed by atoms with Gasteiger partial charge in [0, 0.05) is 46.2 Å². The Morgan fingerprint density at radius 3 is 1.50 bits per heavy atom. The van der Waals surface area contributed by atoms with Crippen molar-refractivity contribution in [2.24, 2.45) is 11.8 Å². The molecule has 82 heavy (non-hydrogen) atoms. The van der Waals surface area contributed by atoms with Gasteiger partial charge in [-0.1, -0.05) is 196 Å². The number of hydrogen-bond acceptors (Lipinski definition) is 12. The molecule has 2 saturated carbocycles. The van der Waals surface area contributed by atoms with Crippen molar-refractivity contribution in [3.63, 3.8) is 0 Å². The van der Waals surface area contributed by atoms with Gasteiger partial charge in [0.2, 0.25) is 23.5 Å². The second-order valence-corrected chi connectivity index (χ2v) is 22.6. The average molecular weight is 1170 g/mol. The largest absolute Gasteiger partial charge is 0.489 e. The van der Waals surface area contributed by atoms with E-state index in [9.17, 15) is 12.3 Å². The van der Waals surface area contributed by atoms with Crippen LogP contribution in [-0.2, 0) is 22.4 Å². The maximum Gasteiger partial charge on any atom is 0.489 e. The van der Waals surface area contributed by atoms with Gasteiger partial charge in [0.15, 0.2) is 0 Å². The van der Waals surface area contributed by atoms with Gasteiger partial charge in [-0.25, -0.2) is 0 Å². The van der Waals surface area contributed by atoms with Crippen LogP contribution < -0.4 is 25.9 Å². The minimum absolute atomic E-state index is 0.0476. The van der Waals surface area contributed by atoms with Crippen LogP contribution in [-0.4, -0.2) is 95.3 Å². The smallest absolute Gasteiger partial charge is 0.423 e. The van der Waals surface area contributed by atoms with E-state index in [1.165, 1.54) is 12.8 Å². The molecule has 2 aliphatic rings. The second kappa shape index (κ2) is 30.0. The van der Waals surface area contributed by atoms with Crippen LogP contribution in [0.5, 0.6) is 0 Å². The molecule has 0 atom stereocenters. The SMILES string of the molecule is OB(O)c1ccccc1-c1nn[nH]n1.[2H]C([2H])(C(C)C)N(c1ccc(-c2ccccc2-c2nn[nH]n2)cc1NC(=O)Cc1ccc(C)cc1)C1CCCCC1.[2H]C([2H])(C(C)C)N(c1ccc(Br)cc1NC(=O)Cc1ccc(C)cc1)C1CCCCC1. The molecule has 0 bridgehead atoms. The number of hydrogen-bond donors (Lipinski definition) is 6. The van der Waals surface area contributed by atoms with E-state index in [1.807, 2.05) is 161 Å². The number of H-pyrrole nitrogens is 2. The van der Waals surface area contributed by atoms with Gasteiger partial charge in [0.1, 0.15) is 0 Å². The molecule has 2 fully saturated rings. The summed E-state index contributed by atoms with van der Waals surface area (Å²) in [7, 11) is -1.54. The van der Waals surface area contributed by atoms with Crippen LogP contribution in [0.15, 0.2) is 138 Å². The first-order valence-electron chi connectivity index (χ1n) is 30.5. The molecule has 6 aromatic carbocycles. The zero-order valence-corrected chi connectivity index (χ0v) is 49.3. The summed E-state index contributed by atoms with van der Waals surface area (Å²) >= 11 is 3.52. The maximum absolute atomic E-state index is 13.4. The van der Waals surface area contributed by atoms with Gasteiger partial charge in [-0.2, -0.15) is 10.4 Å². The first-order valence-corrected chi connectivity index (χ1v) is 29.3. The third-order valence-corrected chi connectivity index (χ3v) is 14.8. The van der Waals surface area contributed by atoms with E-state index in [1.54, 1.807) is 24.3 Å². The van der Waals surface area contributed by atoms with Gasteiger partial charge in [-0.15, -0.1) is 20.4 Å². The summed E-state index contributed by atoms with van der Waals surface area (Å²) < 4.78 is 37.1. The number of carbonyl (C=O) groups is 2. The molecule has 0 radical (unpaired) electrons. The third kappa shape index (κ3) is 17.3. The van der Waals surface area contributed by atoms with Crippen LogP contribution in [0.3, 0.4) is 0 Å². The van der Waals surface area contributed by atoms with E-state index < -0.39 is 20.1 Å². The highest BCUT2D eigenvalue weighted by Crippen LogP contribution is 2.39. The average Bonchev–Trinajstić information content (AvgIpc) is 3.43. The van der Waals surface area contributed by atoms with Crippen molar-refractivity contribution in [2.45, 2.75) is 131 Å². The van der Waals surface area contributed by atoms with Crippen molar-refractivity contribution in [3.05, 3.63) is 160 Å². The standard InChI is InChI=1S/C32H38N6O.C25H33BrN2O.C7H7BN4O2/c1-22(2)21-38(26-9-5-4-6-10-26)30-18-17-25(27-11-7-8-12-28(27)32-34-36-37-35-32)20-29(30)33-31(39)19-24-15-13-23(3)14-16-24;1-18(2)17-28(22-7-5-4-6-8-22)24-14-13-21(26)16-23(24)27-25(29)15-20-11-9-19(3)10-12-20;13-8(14)6-4-2-1-3-5(6)7-9-11-12-10-7/h7-8,11-18,20,22,26H,4-6,9-10,19,21H2,1-3H3,(H,33,39)(H,34,35,36,37);9-14,16,18,22H,4-8,15,17H2,1-3H3,(H,27,29);1-4,13-14H,(H,9,10,11,12)/i21D2;17D2;. The summed E-state index contributed by atoms with van der Waals surface area (Å²) in [6, 6.07) is 42.3. The molecule has 8 aromatic rings. The minimum Gasteiger partial charge on any atom is -0.423 e. The number of benzene rings is 6. The number of tetrazole rings is 2. The van der Waals surface area contributed by atoms with Crippen LogP contribution in [0.4, 0.5) is 22.7 Å². The number of aryl methyl sites for hydroxylation is 2. The lowest BCUT2D eigenvalue weighted by atomic mass is 9.77. The predicted molar refractivity (Wildman–Crippen MR) is 334 cm³/mol. The van der Waals surface area contributed by atoms with Gasteiger partial charge in [-0.05, 0) is 120 Å². The van der Waals surface area contributed by atoms with Crippen LogP contribution >= 0.6 is 15.9 Å².